The van der Waals surface area contributed by atoms with Crippen LogP contribution in [0.2, 0.25) is 0 Å². The molecule has 2 N–H and O–H groups in total. The lowest BCUT2D eigenvalue weighted by atomic mass is 10.0. The molecule has 2 aromatic carbocycles. The van der Waals surface area contributed by atoms with Crippen LogP contribution in [0, 0.1) is 0 Å². The fourth-order valence-corrected chi connectivity index (χ4v) is 3.21. The van der Waals surface area contributed by atoms with Crippen LogP contribution >= 0.6 is 11.3 Å². The first-order valence-electron chi connectivity index (χ1n) is 8.38. The molecule has 0 spiro atoms. The lowest BCUT2D eigenvalue weighted by molar-refractivity contribution is 0.0950. The number of hydrazone groups is 1. The molecule has 0 aliphatic rings. The Balaban J connectivity index is 1.45. The summed E-state index contributed by atoms with van der Waals surface area (Å²) in [7, 11) is 0. The van der Waals surface area contributed by atoms with Crippen molar-refractivity contribution in [2.75, 3.05) is 0 Å². The lowest BCUT2D eigenvalue weighted by Gasteiger charge is -2.02. The summed E-state index contributed by atoms with van der Waals surface area (Å²) in [5.41, 5.74) is 6.80. The Morgan fingerprint density at radius 3 is 2.44 bits per heavy atom. The average molecular weight is 372 g/mol. The van der Waals surface area contributed by atoms with Crippen molar-refractivity contribution in [2.45, 2.75) is 0 Å². The highest BCUT2D eigenvalue weighted by atomic mass is 32.1. The summed E-state index contributed by atoms with van der Waals surface area (Å²) in [5, 5.41) is 12.9. The fourth-order valence-electron chi connectivity index (χ4n) is 2.63. The highest BCUT2D eigenvalue weighted by molar-refractivity contribution is 7.11. The Kier molecular flexibility index (Phi) is 4.89. The summed E-state index contributed by atoms with van der Waals surface area (Å²) < 4.78 is 0. The van der Waals surface area contributed by atoms with Crippen LogP contribution in [0.15, 0.2) is 83.3 Å². The van der Waals surface area contributed by atoms with E-state index in [-0.39, 0.29) is 5.91 Å². The molecule has 132 valence electrons. The van der Waals surface area contributed by atoms with Crippen molar-refractivity contribution < 1.29 is 4.79 Å². The van der Waals surface area contributed by atoms with Crippen molar-refractivity contribution in [2.24, 2.45) is 5.10 Å². The molecule has 0 unspecified atom stereocenters. The third-order valence-corrected chi connectivity index (χ3v) is 4.82. The number of rotatable bonds is 5. The Bertz CT molecular complexity index is 1050. The number of benzene rings is 2. The van der Waals surface area contributed by atoms with E-state index in [1.807, 2.05) is 60.0 Å². The van der Waals surface area contributed by atoms with Crippen LogP contribution in [0.1, 0.15) is 15.4 Å². The van der Waals surface area contributed by atoms with Crippen LogP contribution < -0.4 is 5.43 Å². The summed E-state index contributed by atoms with van der Waals surface area (Å²) in [6.45, 7) is 0. The van der Waals surface area contributed by atoms with Crippen molar-refractivity contribution >= 4 is 23.5 Å². The van der Waals surface area contributed by atoms with Crippen molar-refractivity contribution in [3.05, 3.63) is 88.7 Å². The Morgan fingerprint density at radius 1 is 0.963 bits per heavy atom. The number of hydrogen-bond donors (Lipinski definition) is 2. The number of aromatic nitrogens is 2. The van der Waals surface area contributed by atoms with Crippen LogP contribution in [0.25, 0.3) is 22.4 Å². The summed E-state index contributed by atoms with van der Waals surface area (Å²) in [6, 6.07) is 23.8. The van der Waals surface area contributed by atoms with E-state index >= 15 is 0 Å². The maximum atomic E-state index is 12.2. The molecule has 0 atom stereocenters. The van der Waals surface area contributed by atoms with E-state index in [4.69, 9.17) is 0 Å². The van der Waals surface area contributed by atoms with Gasteiger partial charge in [-0.05, 0) is 28.6 Å². The van der Waals surface area contributed by atoms with Gasteiger partial charge in [-0.1, -0.05) is 60.7 Å². The molecule has 1 amide bonds. The zero-order valence-electron chi connectivity index (χ0n) is 14.3. The fraction of sp³-hybridized carbons (Fsp3) is 0. The van der Waals surface area contributed by atoms with E-state index in [0.29, 0.717) is 11.4 Å². The second-order valence-corrected chi connectivity index (χ2v) is 6.80. The molecule has 0 saturated carbocycles. The quantitative estimate of drug-likeness (QED) is 0.398. The van der Waals surface area contributed by atoms with Crippen LogP contribution in [0.3, 0.4) is 0 Å². The molecule has 4 aromatic rings. The third kappa shape index (κ3) is 4.02. The van der Waals surface area contributed by atoms with Crippen molar-refractivity contribution in [3.8, 4) is 22.4 Å². The number of nitrogens with one attached hydrogen (secondary N) is 2. The number of H-pyrrole nitrogens is 1. The molecule has 27 heavy (non-hydrogen) atoms. The summed E-state index contributed by atoms with van der Waals surface area (Å²) in [5.74, 6) is -0.331. The van der Waals surface area contributed by atoms with E-state index in [0.717, 1.165) is 21.6 Å². The summed E-state index contributed by atoms with van der Waals surface area (Å²) >= 11 is 1.55. The number of carbonyl (C=O) groups is 1. The van der Waals surface area contributed by atoms with Crippen LogP contribution in [-0.2, 0) is 0 Å². The predicted molar refractivity (Wildman–Crippen MR) is 109 cm³/mol. The summed E-state index contributed by atoms with van der Waals surface area (Å²) in [6.07, 6.45) is 1.61. The second kappa shape index (κ2) is 7.80. The van der Waals surface area contributed by atoms with Crippen LogP contribution in [-0.4, -0.2) is 22.3 Å². The maximum absolute atomic E-state index is 12.2. The van der Waals surface area contributed by atoms with Gasteiger partial charge >= 0.3 is 0 Å². The lowest BCUT2D eigenvalue weighted by Crippen LogP contribution is -2.17. The minimum Gasteiger partial charge on any atom is -0.272 e. The number of thiophene rings is 1. The molecule has 0 aliphatic carbocycles. The number of aromatic amines is 1. The first kappa shape index (κ1) is 16.9. The predicted octanol–water partition coefficient (Wildman–Crippen LogP) is 4.57. The van der Waals surface area contributed by atoms with Gasteiger partial charge in [0.05, 0.1) is 11.9 Å². The molecule has 0 radical (unpaired) electrons. The Morgan fingerprint density at radius 2 is 1.70 bits per heavy atom. The molecule has 5 nitrogen and oxygen atoms in total. The van der Waals surface area contributed by atoms with Gasteiger partial charge in [-0.25, -0.2) is 5.43 Å². The third-order valence-electron chi connectivity index (χ3n) is 4.01. The highest BCUT2D eigenvalue weighted by Crippen LogP contribution is 2.24. The molecular weight excluding hydrogens is 356 g/mol. The van der Waals surface area contributed by atoms with Gasteiger partial charge in [-0.3, -0.25) is 9.89 Å². The van der Waals surface area contributed by atoms with Gasteiger partial charge in [0, 0.05) is 10.4 Å². The molecule has 0 saturated heterocycles. The van der Waals surface area contributed by atoms with Gasteiger partial charge in [0.1, 0.15) is 5.69 Å². The topological polar surface area (TPSA) is 70.1 Å². The van der Waals surface area contributed by atoms with Gasteiger partial charge in [-0.15, -0.1) is 11.3 Å². The molecule has 4 rings (SSSR count). The largest absolute Gasteiger partial charge is 0.289 e. The molecule has 0 fully saturated rings. The minimum absolute atomic E-state index is 0.331. The second-order valence-electron chi connectivity index (χ2n) is 5.82. The SMILES string of the molecule is O=C(N/N=C/c1cccs1)c1cc(-c2ccc(-c3ccccc3)cc2)n[nH]1. The van der Waals surface area contributed by atoms with Gasteiger partial charge in [0.25, 0.3) is 5.91 Å². The maximum Gasteiger partial charge on any atom is 0.289 e. The first-order valence-corrected chi connectivity index (χ1v) is 9.26. The van der Waals surface area contributed by atoms with Crippen LogP contribution in [0.5, 0.6) is 0 Å². The van der Waals surface area contributed by atoms with E-state index in [9.17, 15) is 4.79 Å². The molecule has 0 aliphatic heterocycles. The number of hydrogen-bond acceptors (Lipinski definition) is 4. The Hall–Kier alpha value is -3.51. The van der Waals surface area contributed by atoms with Crippen molar-refractivity contribution in [1.29, 1.82) is 0 Å². The number of amides is 1. The molecule has 2 heterocycles. The monoisotopic (exact) mass is 372 g/mol. The van der Waals surface area contributed by atoms with Crippen LogP contribution in [0.4, 0.5) is 0 Å². The zero-order valence-corrected chi connectivity index (χ0v) is 15.1. The van der Waals surface area contributed by atoms with E-state index in [2.05, 4.69) is 32.9 Å². The van der Waals surface area contributed by atoms with E-state index < -0.39 is 0 Å². The zero-order chi connectivity index (χ0) is 18.5. The average Bonchev–Trinajstić information content (AvgIpc) is 3.41. The van der Waals surface area contributed by atoms with Crippen molar-refractivity contribution in [3.63, 3.8) is 0 Å². The molecule has 0 bridgehead atoms. The van der Waals surface area contributed by atoms with Gasteiger partial charge < -0.3 is 0 Å². The summed E-state index contributed by atoms with van der Waals surface area (Å²) in [4.78, 5) is 13.1. The van der Waals surface area contributed by atoms with E-state index in [1.54, 1.807) is 23.6 Å². The molecule has 6 heteroatoms. The highest BCUT2D eigenvalue weighted by Gasteiger charge is 2.10. The number of carbonyl (C=O) groups excluding carboxylic acids is 1. The van der Waals surface area contributed by atoms with Gasteiger partial charge in [0.15, 0.2) is 0 Å². The van der Waals surface area contributed by atoms with E-state index in [1.165, 1.54) is 0 Å². The Labute approximate surface area is 160 Å². The first-order chi connectivity index (χ1) is 13.3. The van der Waals surface area contributed by atoms with Gasteiger partial charge in [-0.2, -0.15) is 10.2 Å². The standard InChI is InChI=1S/C21H16N4OS/c26-21(25-22-14-18-7-4-12-27-18)20-13-19(23-24-20)17-10-8-16(9-11-17)15-5-2-1-3-6-15/h1-14H,(H,23,24)(H,25,26)/b22-14+. The van der Waals surface area contributed by atoms with Gasteiger partial charge in [0.2, 0.25) is 0 Å². The molecule has 2 aromatic heterocycles. The smallest absolute Gasteiger partial charge is 0.272 e. The minimum atomic E-state index is -0.331. The molecular formula is C21H16N4OS. The normalized spacial score (nSPS) is 11.0. The van der Waals surface area contributed by atoms with Crippen molar-refractivity contribution in [1.82, 2.24) is 15.6 Å². The number of nitrogens with zero attached hydrogens (tertiary/aromatic N) is 2.